The third kappa shape index (κ3) is 3.05. The summed E-state index contributed by atoms with van der Waals surface area (Å²) in [5, 5.41) is 11.7. The average Bonchev–Trinajstić information content (AvgIpc) is 3.48. The molecule has 10 heteroatoms. The molecule has 0 spiro atoms. The standard InChI is InChI=1S/C21H19F3N6O/c22-21(23,24)14-6-8-25-19(11-14)28-18-12-15-5-7-20(18,29(15)13-31)16-3-1-2-4-17(16)30-26-9-10-27-30/h1-4,6,8-11,13,15,18H,5,7,12H2,(H,25,28). The zero-order valence-corrected chi connectivity index (χ0v) is 16.3. The molecule has 2 saturated heterocycles. The molecular formula is C21H19F3N6O. The normalized spacial score (nSPS) is 25.1. The lowest BCUT2D eigenvalue weighted by atomic mass is 9.77. The summed E-state index contributed by atoms with van der Waals surface area (Å²) in [6, 6.07) is 9.18. The Labute approximate surface area is 175 Å². The van der Waals surface area contributed by atoms with Crippen LogP contribution in [0.3, 0.4) is 0 Å². The maximum absolute atomic E-state index is 13.2. The van der Waals surface area contributed by atoms with Crippen molar-refractivity contribution in [1.82, 2.24) is 24.9 Å². The molecule has 7 nitrogen and oxygen atoms in total. The van der Waals surface area contributed by atoms with E-state index in [0.29, 0.717) is 12.8 Å². The van der Waals surface area contributed by atoms with Crippen LogP contribution in [-0.2, 0) is 16.5 Å². The Balaban J connectivity index is 1.59. The number of para-hydroxylation sites is 1. The number of nitrogens with zero attached hydrogens (tertiary/aromatic N) is 5. The van der Waals surface area contributed by atoms with Gasteiger partial charge in [-0.1, -0.05) is 18.2 Å². The molecule has 1 N–H and O–H groups in total. The highest BCUT2D eigenvalue weighted by Gasteiger charge is 2.59. The lowest BCUT2D eigenvalue weighted by Gasteiger charge is -2.39. The van der Waals surface area contributed by atoms with Crippen molar-refractivity contribution in [1.29, 1.82) is 0 Å². The van der Waals surface area contributed by atoms with Gasteiger partial charge in [-0.3, -0.25) is 4.79 Å². The van der Waals surface area contributed by atoms with Crippen molar-refractivity contribution < 1.29 is 18.0 Å². The first-order chi connectivity index (χ1) is 14.9. The van der Waals surface area contributed by atoms with Gasteiger partial charge in [0.2, 0.25) is 6.41 Å². The van der Waals surface area contributed by atoms with Crippen LogP contribution in [-0.4, -0.2) is 43.4 Å². The maximum Gasteiger partial charge on any atom is 0.416 e. The Morgan fingerprint density at radius 3 is 2.65 bits per heavy atom. The quantitative estimate of drug-likeness (QED) is 0.631. The van der Waals surface area contributed by atoms with Gasteiger partial charge in [-0.15, -0.1) is 0 Å². The molecule has 1 amide bonds. The molecule has 31 heavy (non-hydrogen) atoms. The summed E-state index contributed by atoms with van der Waals surface area (Å²) >= 11 is 0. The Kier molecular flexibility index (Phi) is 4.45. The minimum atomic E-state index is -4.46. The largest absolute Gasteiger partial charge is 0.416 e. The number of benzene rings is 1. The zero-order chi connectivity index (χ0) is 21.6. The number of aromatic nitrogens is 4. The van der Waals surface area contributed by atoms with Crippen LogP contribution in [0.1, 0.15) is 30.4 Å². The molecule has 2 fully saturated rings. The Hall–Kier alpha value is -3.43. The van der Waals surface area contributed by atoms with Gasteiger partial charge in [0.05, 0.1) is 35.2 Å². The topological polar surface area (TPSA) is 75.9 Å². The van der Waals surface area contributed by atoms with Crippen molar-refractivity contribution >= 4 is 12.2 Å². The molecule has 5 rings (SSSR count). The van der Waals surface area contributed by atoms with Crippen LogP contribution in [0.4, 0.5) is 19.0 Å². The second-order valence-electron chi connectivity index (χ2n) is 7.83. The molecule has 0 saturated carbocycles. The Morgan fingerprint density at radius 1 is 1.13 bits per heavy atom. The number of carbonyl (C=O) groups is 1. The van der Waals surface area contributed by atoms with E-state index in [1.54, 1.807) is 17.3 Å². The Morgan fingerprint density at radius 2 is 1.90 bits per heavy atom. The van der Waals surface area contributed by atoms with Gasteiger partial charge in [0.1, 0.15) is 5.82 Å². The SMILES string of the molecule is O=CN1C2CCC1(c1ccccc1-n1nccn1)C(Nc1cc(C(F)(F)F)ccn1)C2. The number of pyridine rings is 1. The number of halogens is 3. The summed E-state index contributed by atoms with van der Waals surface area (Å²) in [4.78, 5) is 19.5. The van der Waals surface area contributed by atoms with Crippen LogP contribution in [0.5, 0.6) is 0 Å². The fraction of sp³-hybridized carbons (Fsp3) is 0.333. The third-order valence-electron chi connectivity index (χ3n) is 6.32. The number of rotatable bonds is 5. The van der Waals surface area contributed by atoms with E-state index < -0.39 is 17.3 Å². The summed E-state index contributed by atoms with van der Waals surface area (Å²) in [5.74, 6) is 0.132. The predicted octanol–water partition coefficient (Wildman–Crippen LogP) is 3.38. The highest BCUT2D eigenvalue weighted by Crippen LogP contribution is 2.54. The Bertz CT molecular complexity index is 1100. The average molecular weight is 428 g/mol. The van der Waals surface area contributed by atoms with E-state index >= 15 is 0 Å². The molecule has 2 aliphatic rings. The summed E-state index contributed by atoms with van der Waals surface area (Å²) in [7, 11) is 0. The molecule has 4 heterocycles. The highest BCUT2D eigenvalue weighted by molar-refractivity contribution is 5.60. The molecule has 3 aromatic rings. The lowest BCUT2D eigenvalue weighted by Crippen LogP contribution is -2.48. The highest BCUT2D eigenvalue weighted by atomic mass is 19.4. The molecule has 160 valence electrons. The number of alkyl halides is 3. The number of hydrogen-bond acceptors (Lipinski definition) is 5. The van der Waals surface area contributed by atoms with Gasteiger partial charge >= 0.3 is 6.18 Å². The second kappa shape index (κ2) is 7.07. The van der Waals surface area contributed by atoms with E-state index in [4.69, 9.17) is 0 Å². The first kappa shape index (κ1) is 19.5. The van der Waals surface area contributed by atoms with E-state index in [2.05, 4.69) is 20.5 Å². The van der Waals surface area contributed by atoms with E-state index in [9.17, 15) is 18.0 Å². The van der Waals surface area contributed by atoms with Crippen molar-refractivity contribution in [3.63, 3.8) is 0 Å². The monoisotopic (exact) mass is 428 g/mol. The molecule has 3 atom stereocenters. The fourth-order valence-electron chi connectivity index (χ4n) is 5.07. The second-order valence-corrected chi connectivity index (χ2v) is 7.83. The maximum atomic E-state index is 13.2. The van der Waals surface area contributed by atoms with Crippen LogP contribution < -0.4 is 5.32 Å². The van der Waals surface area contributed by atoms with E-state index in [1.165, 1.54) is 4.80 Å². The van der Waals surface area contributed by atoms with Crippen molar-refractivity contribution in [2.75, 3.05) is 5.32 Å². The van der Waals surface area contributed by atoms with Gasteiger partial charge < -0.3 is 10.2 Å². The van der Waals surface area contributed by atoms with Crippen LogP contribution >= 0.6 is 0 Å². The molecule has 2 aromatic heterocycles. The summed E-state index contributed by atoms with van der Waals surface area (Å²) < 4.78 is 39.5. The minimum absolute atomic E-state index is 0.000523. The smallest absolute Gasteiger partial charge is 0.365 e. The fourth-order valence-corrected chi connectivity index (χ4v) is 5.07. The van der Waals surface area contributed by atoms with E-state index in [0.717, 1.165) is 42.4 Å². The number of amides is 1. The molecular weight excluding hydrogens is 409 g/mol. The van der Waals surface area contributed by atoms with Crippen LogP contribution in [0.15, 0.2) is 55.0 Å². The number of fused-ring (bicyclic) bond motifs is 2. The van der Waals surface area contributed by atoms with E-state index in [-0.39, 0.29) is 17.9 Å². The number of carbonyl (C=O) groups excluding carboxylic acids is 1. The molecule has 0 aliphatic carbocycles. The molecule has 3 unspecified atom stereocenters. The third-order valence-corrected chi connectivity index (χ3v) is 6.32. The first-order valence-electron chi connectivity index (χ1n) is 9.93. The van der Waals surface area contributed by atoms with Crippen molar-refractivity contribution in [3.8, 4) is 5.69 Å². The minimum Gasteiger partial charge on any atom is -0.365 e. The van der Waals surface area contributed by atoms with Crippen LogP contribution in [0.2, 0.25) is 0 Å². The first-order valence-corrected chi connectivity index (χ1v) is 9.93. The molecule has 0 radical (unpaired) electrons. The zero-order valence-electron chi connectivity index (χ0n) is 16.3. The van der Waals surface area contributed by atoms with Crippen molar-refractivity contribution in [2.24, 2.45) is 0 Å². The van der Waals surface area contributed by atoms with Gasteiger partial charge in [0.15, 0.2) is 0 Å². The molecule has 1 aromatic carbocycles. The summed E-state index contributed by atoms with van der Waals surface area (Å²) in [6.45, 7) is 0. The number of anilines is 1. The van der Waals surface area contributed by atoms with Crippen LogP contribution in [0.25, 0.3) is 5.69 Å². The summed E-state index contributed by atoms with van der Waals surface area (Å²) in [5.41, 5.74) is 0.0658. The summed E-state index contributed by atoms with van der Waals surface area (Å²) in [6.07, 6.45) is 2.76. The molecule has 2 aliphatic heterocycles. The lowest BCUT2D eigenvalue weighted by molar-refractivity contribution is -0.137. The van der Waals surface area contributed by atoms with Gasteiger partial charge in [-0.25, -0.2) is 4.98 Å². The van der Waals surface area contributed by atoms with Gasteiger partial charge in [0.25, 0.3) is 0 Å². The number of hydrogen-bond donors (Lipinski definition) is 1. The van der Waals surface area contributed by atoms with Gasteiger partial charge in [0, 0.05) is 17.8 Å². The van der Waals surface area contributed by atoms with E-state index in [1.807, 2.05) is 24.3 Å². The predicted molar refractivity (Wildman–Crippen MR) is 105 cm³/mol. The molecule has 2 bridgehead atoms. The number of nitrogens with one attached hydrogen (secondary N) is 1. The van der Waals surface area contributed by atoms with Crippen molar-refractivity contribution in [3.05, 3.63) is 66.1 Å². The van der Waals surface area contributed by atoms with Crippen LogP contribution in [0, 0.1) is 0 Å². The van der Waals surface area contributed by atoms with Crippen molar-refractivity contribution in [2.45, 2.75) is 43.1 Å². The van der Waals surface area contributed by atoms with Gasteiger partial charge in [-0.05, 0) is 37.5 Å². The van der Waals surface area contributed by atoms with Gasteiger partial charge in [-0.2, -0.15) is 28.2 Å².